The SMILES string of the molecule is CC/C=C\C/C=C\C/C=C\CCCCCCCC(=O)OCC(COC(=O)CCCCCCCCCCCCCCCCCCCCCCCCCCCCCCCC)OC(=O)CCCCCCC/C=C\C/C=C\C/C=C\CC. The normalized spacial score (nSPS) is 12.5. The van der Waals surface area contributed by atoms with Crippen LogP contribution in [0, 0.1) is 0 Å². The van der Waals surface area contributed by atoms with Gasteiger partial charge in [-0.1, -0.05) is 318 Å². The summed E-state index contributed by atoms with van der Waals surface area (Å²) >= 11 is 0. The van der Waals surface area contributed by atoms with Crippen LogP contribution < -0.4 is 0 Å². The molecule has 0 saturated heterocycles. The third-order valence-corrected chi connectivity index (χ3v) is 15.0. The van der Waals surface area contributed by atoms with E-state index in [0.717, 1.165) is 135 Å². The van der Waals surface area contributed by atoms with Gasteiger partial charge < -0.3 is 14.2 Å². The smallest absolute Gasteiger partial charge is 0.306 e. The summed E-state index contributed by atoms with van der Waals surface area (Å²) < 4.78 is 16.9. The van der Waals surface area contributed by atoms with Crippen LogP contribution in [-0.2, 0) is 28.6 Å². The van der Waals surface area contributed by atoms with Crippen LogP contribution in [0.5, 0.6) is 0 Å². The molecule has 0 aliphatic rings. The number of hydrogen-bond donors (Lipinski definition) is 0. The Morgan fingerprint density at radius 2 is 0.500 bits per heavy atom. The zero-order chi connectivity index (χ0) is 56.4. The molecule has 6 heteroatoms. The lowest BCUT2D eigenvalue weighted by Gasteiger charge is -2.18. The van der Waals surface area contributed by atoms with E-state index in [-0.39, 0.29) is 31.1 Å². The molecule has 78 heavy (non-hydrogen) atoms. The number of ether oxygens (including phenoxy) is 3. The van der Waals surface area contributed by atoms with Crippen molar-refractivity contribution in [1.82, 2.24) is 0 Å². The van der Waals surface area contributed by atoms with Crippen LogP contribution in [0.1, 0.15) is 348 Å². The molecule has 0 amide bonds. The first kappa shape index (κ1) is 74.8. The van der Waals surface area contributed by atoms with E-state index in [1.807, 2.05) is 0 Å². The molecule has 0 aromatic rings. The third kappa shape index (κ3) is 63.7. The second kappa shape index (κ2) is 66.4. The van der Waals surface area contributed by atoms with Crippen LogP contribution in [0.2, 0.25) is 0 Å². The summed E-state index contributed by atoms with van der Waals surface area (Å²) in [6, 6.07) is 0. The van der Waals surface area contributed by atoms with E-state index in [1.54, 1.807) is 0 Å². The number of carbonyl (C=O) groups excluding carboxylic acids is 3. The van der Waals surface area contributed by atoms with E-state index in [4.69, 9.17) is 14.2 Å². The van der Waals surface area contributed by atoms with Gasteiger partial charge in [-0.2, -0.15) is 0 Å². The lowest BCUT2D eigenvalue weighted by molar-refractivity contribution is -0.167. The first-order chi connectivity index (χ1) is 38.5. The number of carbonyl (C=O) groups is 3. The van der Waals surface area contributed by atoms with Crippen molar-refractivity contribution in [3.8, 4) is 0 Å². The fourth-order valence-electron chi connectivity index (χ4n) is 9.95. The van der Waals surface area contributed by atoms with Crippen LogP contribution >= 0.6 is 0 Å². The van der Waals surface area contributed by atoms with Crippen molar-refractivity contribution in [2.45, 2.75) is 354 Å². The number of rotatable bonds is 62. The molecule has 452 valence electrons. The quantitative estimate of drug-likeness (QED) is 0.0261. The number of allylic oxidation sites excluding steroid dienone is 12. The maximum Gasteiger partial charge on any atom is 0.306 e. The van der Waals surface area contributed by atoms with Crippen molar-refractivity contribution >= 4 is 17.9 Å². The summed E-state index contributed by atoms with van der Waals surface area (Å²) in [5, 5.41) is 0. The van der Waals surface area contributed by atoms with Crippen molar-refractivity contribution in [2.75, 3.05) is 13.2 Å². The van der Waals surface area contributed by atoms with Gasteiger partial charge in [-0.05, 0) is 83.5 Å². The van der Waals surface area contributed by atoms with E-state index in [9.17, 15) is 14.4 Å². The minimum atomic E-state index is -0.792. The summed E-state index contributed by atoms with van der Waals surface area (Å²) in [6.07, 6.45) is 86.6. The molecule has 0 rings (SSSR count). The fraction of sp³-hybridized carbons (Fsp3) is 0.792. The first-order valence-electron chi connectivity index (χ1n) is 33.9. The van der Waals surface area contributed by atoms with E-state index < -0.39 is 6.10 Å². The summed E-state index contributed by atoms with van der Waals surface area (Å²) in [5.74, 6) is -0.905. The van der Waals surface area contributed by atoms with Crippen LogP contribution in [-0.4, -0.2) is 37.2 Å². The van der Waals surface area contributed by atoms with Gasteiger partial charge in [-0.3, -0.25) is 14.4 Å². The first-order valence-corrected chi connectivity index (χ1v) is 33.9. The predicted octanol–water partition coefficient (Wildman–Crippen LogP) is 23.3. The highest BCUT2D eigenvalue weighted by atomic mass is 16.6. The second-order valence-corrected chi connectivity index (χ2v) is 22.7. The van der Waals surface area contributed by atoms with Gasteiger partial charge in [0.1, 0.15) is 13.2 Å². The molecule has 0 aliphatic carbocycles. The highest BCUT2D eigenvalue weighted by molar-refractivity contribution is 5.71. The largest absolute Gasteiger partial charge is 0.462 e. The molecule has 0 N–H and O–H groups in total. The van der Waals surface area contributed by atoms with E-state index in [1.165, 1.54) is 173 Å². The monoisotopic (exact) mass is 1090 g/mol. The zero-order valence-electron chi connectivity index (χ0n) is 51.9. The van der Waals surface area contributed by atoms with Crippen LogP contribution in [0.25, 0.3) is 0 Å². The van der Waals surface area contributed by atoms with Crippen LogP contribution in [0.3, 0.4) is 0 Å². The van der Waals surface area contributed by atoms with Gasteiger partial charge >= 0.3 is 17.9 Å². The fourth-order valence-corrected chi connectivity index (χ4v) is 9.95. The summed E-state index contributed by atoms with van der Waals surface area (Å²) in [5.41, 5.74) is 0. The Morgan fingerprint density at radius 3 is 0.782 bits per heavy atom. The average Bonchev–Trinajstić information content (AvgIpc) is 3.44. The number of esters is 3. The summed E-state index contributed by atoms with van der Waals surface area (Å²) in [6.45, 7) is 6.43. The van der Waals surface area contributed by atoms with Crippen molar-refractivity contribution in [1.29, 1.82) is 0 Å². The highest BCUT2D eigenvalue weighted by Gasteiger charge is 2.19. The molecule has 0 bridgehead atoms. The summed E-state index contributed by atoms with van der Waals surface area (Å²) in [4.78, 5) is 38.3. The molecule has 0 aromatic heterocycles. The average molecular weight is 1090 g/mol. The molecule has 0 radical (unpaired) electrons. The number of unbranched alkanes of at least 4 members (excludes halogenated alkanes) is 39. The van der Waals surface area contributed by atoms with Gasteiger partial charge in [0.25, 0.3) is 0 Å². The van der Waals surface area contributed by atoms with Crippen molar-refractivity contribution in [3.05, 3.63) is 72.9 Å². The Morgan fingerprint density at radius 1 is 0.269 bits per heavy atom. The molecule has 0 saturated carbocycles. The predicted molar refractivity (Wildman–Crippen MR) is 339 cm³/mol. The Bertz CT molecular complexity index is 1440. The van der Waals surface area contributed by atoms with Crippen molar-refractivity contribution in [2.24, 2.45) is 0 Å². The molecule has 1 unspecified atom stereocenters. The van der Waals surface area contributed by atoms with Crippen LogP contribution in [0.4, 0.5) is 0 Å². The molecule has 0 aliphatic heterocycles. The van der Waals surface area contributed by atoms with Gasteiger partial charge in [0.15, 0.2) is 6.10 Å². The van der Waals surface area contributed by atoms with Crippen molar-refractivity contribution in [3.63, 3.8) is 0 Å². The lowest BCUT2D eigenvalue weighted by Crippen LogP contribution is -2.30. The van der Waals surface area contributed by atoms with E-state index in [0.29, 0.717) is 19.3 Å². The molecular formula is C72H128O6. The minimum Gasteiger partial charge on any atom is -0.462 e. The third-order valence-electron chi connectivity index (χ3n) is 15.0. The molecule has 6 nitrogen and oxygen atoms in total. The van der Waals surface area contributed by atoms with Crippen molar-refractivity contribution < 1.29 is 28.6 Å². The zero-order valence-corrected chi connectivity index (χ0v) is 51.9. The molecule has 0 spiro atoms. The van der Waals surface area contributed by atoms with Crippen LogP contribution in [0.15, 0.2) is 72.9 Å². The number of hydrogen-bond acceptors (Lipinski definition) is 6. The molecule has 0 aromatic carbocycles. The van der Waals surface area contributed by atoms with E-state index >= 15 is 0 Å². The minimum absolute atomic E-state index is 0.0856. The Labute approximate surface area is 484 Å². The molecule has 1 atom stereocenters. The van der Waals surface area contributed by atoms with Gasteiger partial charge in [-0.25, -0.2) is 0 Å². The Balaban J connectivity index is 4.19. The summed E-state index contributed by atoms with van der Waals surface area (Å²) in [7, 11) is 0. The standard InChI is InChI=1S/C72H128O6/c1-4-7-10-13-16-19-22-25-28-29-30-31-32-33-34-35-36-37-38-39-40-41-42-45-47-50-53-56-59-62-65-71(74)77-68-69(78-72(75)66-63-60-57-54-51-48-44-27-24-21-18-15-12-9-6-3)67-76-70(73)64-61-58-55-52-49-46-43-26-23-20-17-14-11-8-5-2/h8-9,11-12,17-18,20-21,26-27,43-44,69H,4-7,10,13-16,19,22-25,28-42,45-68H2,1-3H3/b11-8-,12-9-,20-17-,21-18-,43-26-,44-27-. The molecular weight excluding hydrogens is 961 g/mol. The van der Waals surface area contributed by atoms with Gasteiger partial charge in [0.2, 0.25) is 0 Å². The highest BCUT2D eigenvalue weighted by Crippen LogP contribution is 2.18. The topological polar surface area (TPSA) is 78.9 Å². The van der Waals surface area contributed by atoms with E-state index in [2.05, 4.69) is 93.7 Å². The molecule has 0 heterocycles. The lowest BCUT2D eigenvalue weighted by atomic mass is 10.0. The maximum absolute atomic E-state index is 12.9. The van der Waals surface area contributed by atoms with Gasteiger partial charge in [-0.15, -0.1) is 0 Å². The second-order valence-electron chi connectivity index (χ2n) is 22.7. The maximum atomic E-state index is 12.9. The van der Waals surface area contributed by atoms with Gasteiger partial charge in [0.05, 0.1) is 0 Å². The Kier molecular flexibility index (Phi) is 63.7. The van der Waals surface area contributed by atoms with Gasteiger partial charge in [0, 0.05) is 19.3 Å². The Hall–Kier alpha value is -3.15. The molecule has 0 fully saturated rings.